The van der Waals surface area contributed by atoms with Crippen LogP contribution in [0, 0.1) is 28.4 Å². The zero-order valence-electron chi connectivity index (χ0n) is 16.7. The van der Waals surface area contributed by atoms with Gasteiger partial charge >= 0.3 is 0 Å². The van der Waals surface area contributed by atoms with Crippen LogP contribution in [0.4, 0.5) is 11.4 Å². The lowest BCUT2D eigenvalue weighted by molar-refractivity contribution is -0.384. The molecule has 3 aromatic rings. The molecule has 0 heterocycles. The van der Waals surface area contributed by atoms with E-state index in [1.54, 1.807) is 36.4 Å². The van der Waals surface area contributed by atoms with Crippen molar-refractivity contribution in [3.8, 4) is 11.8 Å². The van der Waals surface area contributed by atoms with Crippen LogP contribution in [0.5, 0.6) is 5.75 Å². The van der Waals surface area contributed by atoms with E-state index in [4.69, 9.17) is 4.74 Å². The first-order chi connectivity index (χ1) is 14.9. The first-order valence-corrected chi connectivity index (χ1v) is 9.40. The van der Waals surface area contributed by atoms with Gasteiger partial charge in [0.25, 0.3) is 11.6 Å². The Morgan fingerprint density at radius 3 is 2.55 bits per heavy atom. The molecule has 154 valence electrons. The molecule has 0 saturated heterocycles. The van der Waals surface area contributed by atoms with Crippen LogP contribution in [0.1, 0.15) is 16.7 Å². The number of hydrogen-bond donors (Lipinski definition) is 1. The molecule has 0 fully saturated rings. The Labute approximate surface area is 179 Å². The number of amides is 1. The number of nitriles is 1. The van der Waals surface area contributed by atoms with Crippen LogP contribution in [-0.2, 0) is 4.79 Å². The van der Waals surface area contributed by atoms with Crippen molar-refractivity contribution in [2.75, 3.05) is 11.9 Å². The molecule has 0 atom stereocenters. The van der Waals surface area contributed by atoms with E-state index in [2.05, 4.69) is 11.4 Å². The molecule has 1 N–H and O–H groups in total. The van der Waals surface area contributed by atoms with E-state index in [1.165, 1.54) is 24.3 Å². The van der Waals surface area contributed by atoms with E-state index in [-0.39, 0.29) is 18.2 Å². The van der Waals surface area contributed by atoms with E-state index in [0.29, 0.717) is 28.1 Å². The number of nitro groups is 1. The highest BCUT2D eigenvalue weighted by atomic mass is 16.6. The fraction of sp³-hybridized carbons (Fsp3) is 0.0833. The lowest BCUT2D eigenvalue weighted by Gasteiger charge is -2.09. The van der Waals surface area contributed by atoms with Gasteiger partial charge in [0.05, 0.1) is 16.6 Å². The number of nitro benzene ring substituents is 1. The molecular formula is C24H19N3O4. The van der Waals surface area contributed by atoms with Crippen LogP contribution in [0.2, 0.25) is 0 Å². The molecule has 7 nitrogen and oxygen atoms in total. The molecule has 0 unspecified atom stereocenters. The highest BCUT2D eigenvalue weighted by Gasteiger charge is 2.08. The SMILES string of the molecule is Cc1cccc(NC(=O)COc2cccc(/C=C(\C#N)c3ccc([N+](=O)[O-])cc3)c2)c1. The van der Waals surface area contributed by atoms with Gasteiger partial charge < -0.3 is 10.1 Å². The predicted octanol–water partition coefficient (Wildman–Crippen LogP) is 4.98. The first-order valence-electron chi connectivity index (χ1n) is 9.40. The average molecular weight is 413 g/mol. The summed E-state index contributed by atoms with van der Waals surface area (Å²) in [6.07, 6.45) is 1.65. The number of nitrogens with one attached hydrogen (secondary N) is 1. The summed E-state index contributed by atoms with van der Waals surface area (Å²) >= 11 is 0. The van der Waals surface area contributed by atoms with Crippen LogP contribution in [0.25, 0.3) is 11.6 Å². The van der Waals surface area contributed by atoms with Crippen LogP contribution in [0.3, 0.4) is 0 Å². The summed E-state index contributed by atoms with van der Waals surface area (Å²) in [7, 11) is 0. The van der Waals surface area contributed by atoms with Crippen LogP contribution >= 0.6 is 0 Å². The van der Waals surface area contributed by atoms with Gasteiger partial charge in [-0.25, -0.2) is 0 Å². The predicted molar refractivity (Wildman–Crippen MR) is 118 cm³/mol. The van der Waals surface area contributed by atoms with Crippen LogP contribution in [-0.4, -0.2) is 17.4 Å². The minimum atomic E-state index is -0.491. The van der Waals surface area contributed by atoms with Crippen molar-refractivity contribution in [3.63, 3.8) is 0 Å². The van der Waals surface area contributed by atoms with Gasteiger partial charge in [0.15, 0.2) is 6.61 Å². The van der Waals surface area contributed by atoms with Crippen molar-refractivity contribution < 1.29 is 14.5 Å². The third kappa shape index (κ3) is 6.02. The second kappa shape index (κ2) is 9.85. The average Bonchev–Trinajstić information content (AvgIpc) is 2.76. The number of allylic oxidation sites excluding steroid dienone is 1. The minimum Gasteiger partial charge on any atom is -0.484 e. The summed E-state index contributed by atoms with van der Waals surface area (Å²) in [5.74, 6) is 0.198. The molecule has 0 radical (unpaired) electrons. The van der Waals surface area contributed by atoms with Gasteiger partial charge in [-0.3, -0.25) is 14.9 Å². The van der Waals surface area contributed by atoms with Gasteiger partial charge in [-0.05, 0) is 66.1 Å². The topological polar surface area (TPSA) is 105 Å². The van der Waals surface area contributed by atoms with Crippen LogP contribution < -0.4 is 10.1 Å². The fourth-order valence-corrected chi connectivity index (χ4v) is 2.87. The van der Waals surface area contributed by atoms with E-state index < -0.39 is 4.92 Å². The quantitative estimate of drug-likeness (QED) is 0.254. The summed E-state index contributed by atoms with van der Waals surface area (Å²) in [6, 6.07) is 22.3. The molecule has 31 heavy (non-hydrogen) atoms. The lowest BCUT2D eigenvalue weighted by atomic mass is 10.0. The zero-order valence-corrected chi connectivity index (χ0v) is 16.7. The van der Waals surface area contributed by atoms with E-state index in [0.717, 1.165) is 5.56 Å². The molecule has 0 spiro atoms. The number of nitrogens with zero attached hydrogens (tertiary/aromatic N) is 2. The molecule has 0 aromatic heterocycles. The molecule has 0 aliphatic heterocycles. The summed E-state index contributed by atoms with van der Waals surface area (Å²) in [5.41, 5.74) is 3.32. The number of aryl methyl sites for hydroxylation is 1. The smallest absolute Gasteiger partial charge is 0.269 e. The largest absolute Gasteiger partial charge is 0.484 e. The number of ether oxygens (including phenoxy) is 1. The number of carbonyl (C=O) groups is 1. The summed E-state index contributed by atoms with van der Waals surface area (Å²) < 4.78 is 5.57. The maximum absolute atomic E-state index is 12.1. The van der Waals surface area contributed by atoms with Gasteiger partial charge in [-0.15, -0.1) is 0 Å². The number of carbonyl (C=O) groups excluding carboxylic acids is 1. The third-order valence-electron chi connectivity index (χ3n) is 4.35. The Kier molecular flexibility index (Phi) is 6.76. The maximum Gasteiger partial charge on any atom is 0.269 e. The van der Waals surface area contributed by atoms with E-state index in [9.17, 15) is 20.2 Å². The molecule has 7 heteroatoms. The molecule has 0 saturated carbocycles. The van der Waals surface area contributed by atoms with Crippen molar-refractivity contribution in [1.82, 2.24) is 0 Å². The highest BCUT2D eigenvalue weighted by molar-refractivity contribution is 5.92. The fourth-order valence-electron chi connectivity index (χ4n) is 2.87. The highest BCUT2D eigenvalue weighted by Crippen LogP contribution is 2.22. The van der Waals surface area contributed by atoms with Crippen molar-refractivity contribution in [1.29, 1.82) is 5.26 Å². The molecule has 1 amide bonds. The van der Waals surface area contributed by atoms with Gasteiger partial charge in [-0.1, -0.05) is 24.3 Å². The Hall–Kier alpha value is -4.44. The monoisotopic (exact) mass is 413 g/mol. The molecule has 3 rings (SSSR count). The minimum absolute atomic E-state index is 0.0413. The van der Waals surface area contributed by atoms with Gasteiger partial charge in [0, 0.05) is 17.8 Å². The van der Waals surface area contributed by atoms with Crippen molar-refractivity contribution in [2.24, 2.45) is 0 Å². The summed E-state index contributed by atoms with van der Waals surface area (Å²) in [6.45, 7) is 1.78. The lowest BCUT2D eigenvalue weighted by Crippen LogP contribution is -2.20. The van der Waals surface area contributed by atoms with Crippen molar-refractivity contribution >= 4 is 28.9 Å². The summed E-state index contributed by atoms with van der Waals surface area (Å²) in [5, 5.41) is 23.1. The normalized spacial score (nSPS) is 10.8. The number of non-ortho nitro benzene ring substituents is 1. The second-order valence-corrected chi connectivity index (χ2v) is 6.75. The standard InChI is InChI=1S/C24H19N3O4/c1-17-4-2-6-21(12-17)26-24(28)16-31-23-7-3-5-18(14-23)13-20(15-25)19-8-10-22(11-9-19)27(29)30/h2-14H,16H2,1H3,(H,26,28)/b20-13+. The third-order valence-corrected chi connectivity index (χ3v) is 4.35. The summed E-state index contributed by atoms with van der Waals surface area (Å²) in [4.78, 5) is 22.4. The van der Waals surface area contributed by atoms with E-state index in [1.807, 2.05) is 25.1 Å². The van der Waals surface area contributed by atoms with Crippen molar-refractivity contribution in [3.05, 3.63) is 99.6 Å². The second-order valence-electron chi connectivity index (χ2n) is 6.75. The van der Waals surface area contributed by atoms with Gasteiger partial charge in [0.1, 0.15) is 5.75 Å². The number of hydrogen-bond acceptors (Lipinski definition) is 5. The zero-order chi connectivity index (χ0) is 22.2. The Balaban J connectivity index is 1.68. The Bertz CT molecular complexity index is 1180. The van der Waals surface area contributed by atoms with Crippen molar-refractivity contribution in [2.45, 2.75) is 6.92 Å². The number of benzene rings is 3. The maximum atomic E-state index is 12.1. The molecule has 0 aliphatic rings. The number of anilines is 1. The van der Waals surface area contributed by atoms with Crippen LogP contribution in [0.15, 0.2) is 72.8 Å². The van der Waals surface area contributed by atoms with Gasteiger partial charge in [0.2, 0.25) is 0 Å². The van der Waals surface area contributed by atoms with Gasteiger partial charge in [-0.2, -0.15) is 5.26 Å². The Morgan fingerprint density at radius 1 is 1.13 bits per heavy atom. The first kappa shape index (κ1) is 21.3. The molecule has 0 bridgehead atoms. The Morgan fingerprint density at radius 2 is 1.87 bits per heavy atom. The molecule has 0 aliphatic carbocycles. The molecule has 3 aromatic carbocycles. The molecular weight excluding hydrogens is 394 g/mol. The van der Waals surface area contributed by atoms with E-state index >= 15 is 0 Å². The number of rotatable bonds is 7.